The second-order valence-corrected chi connectivity index (χ2v) is 4.99. The Bertz CT molecular complexity index is 528. The molecule has 5 heteroatoms. The molecule has 0 aromatic heterocycles. The Kier molecular flexibility index (Phi) is 2.32. The van der Waals surface area contributed by atoms with Crippen molar-refractivity contribution in [3.05, 3.63) is 34.7 Å². The molecule has 0 atom stereocenters. The van der Waals surface area contributed by atoms with Crippen molar-refractivity contribution in [2.75, 3.05) is 6.61 Å². The maximum Gasteiger partial charge on any atom is 0.417 e. The minimum absolute atomic E-state index is 0.0899. The highest BCUT2D eigenvalue weighted by Gasteiger charge is 2.29. The number of hydrogen-bond acceptors (Lipinski definition) is 4. The molecule has 0 amide bonds. The van der Waals surface area contributed by atoms with E-state index in [0.29, 0.717) is 5.56 Å². The van der Waals surface area contributed by atoms with Crippen LogP contribution in [0, 0.1) is 0 Å². The zero-order valence-corrected chi connectivity index (χ0v) is 8.45. The van der Waals surface area contributed by atoms with Crippen molar-refractivity contribution in [1.29, 1.82) is 0 Å². The average molecular weight is 223 g/mol. The van der Waals surface area contributed by atoms with Crippen LogP contribution < -0.4 is 0 Å². The Morgan fingerprint density at radius 1 is 1.27 bits per heavy atom. The van der Waals surface area contributed by atoms with Crippen LogP contribution in [0.5, 0.6) is 0 Å². The summed E-state index contributed by atoms with van der Waals surface area (Å²) in [5.74, 6) is 0. The van der Waals surface area contributed by atoms with Gasteiger partial charge in [0.15, 0.2) is 0 Å². The minimum Gasteiger partial charge on any atom is -0.452 e. The van der Waals surface area contributed by atoms with Crippen LogP contribution >= 0.6 is 0 Å². The van der Waals surface area contributed by atoms with E-state index < -0.39 is 9.84 Å². The van der Waals surface area contributed by atoms with Crippen molar-refractivity contribution in [3.63, 3.8) is 0 Å². The standard InChI is InChI=1S/C10H7O4S/c11-7-14-6-9-5-8-3-1-2-4-10(8)15(9,12)13/h1-5H,6H2. The second kappa shape index (κ2) is 3.51. The van der Waals surface area contributed by atoms with Crippen LogP contribution in [0.15, 0.2) is 34.1 Å². The van der Waals surface area contributed by atoms with Gasteiger partial charge in [0.2, 0.25) is 9.84 Å². The summed E-state index contributed by atoms with van der Waals surface area (Å²) in [4.78, 5) is 10.2. The Balaban J connectivity index is 2.45. The molecule has 1 aliphatic rings. The summed E-state index contributed by atoms with van der Waals surface area (Å²) in [6.07, 6.45) is 1.50. The molecule has 1 aliphatic heterocycles. The molecule has 0 N–H and O–H groups in total. The molecule has 15 heavy (non-hydrogen) atoms. The van der Waals surface area contributed by atoms with Crippen LogP contribution in [0.25, 0.3) is 6.08 Å². The third-order valence-electron chi connectivity index (χ3n) is 2.14. The number of sulfone groups is 1. The minimum atomic E-state index is -3.46. The van der Waals surface area contributed by atoms with Gasteiger partial charge >= 0.3 is 6.47 Å². The van der Waals surface area contributed by atoms with Gasteiger partial charge < -0.3 is 4.74 Å². The predicted octanol–water partition coefficient (Wildman–Crippen LogP) is 0.899. The Hall–Kier alpha value is -1.62. The Morgan fingerprint density at radius 3 is 2.67 bits per heavy atom. The molecule has 1 aromatic rings. The number of ether oxygens (including phenoxy) is 1. The van der Waals surface area contributed by atoms with Crippen LogP contribution in [-0.4, -0.2) is 21.5 Å². The maximum absolute atomic E-state index is 11.8. The summed E-state index contributed by atoms with van der Waals surface area (Å²) in [5.41, 5.74) is 0.627. The Morgan fingerprint density at radius 2 is 2.00 bits per heavy atom. The van der Waals surface area contributed by atoms with E-state index in [0.717, 1.165) is 0 Å². The van der Waals surface area contributed by atoms with E-state index in [4.69, 9.17) is 0 Å². The van der Waals surface area contributed by atoms with Crippen LogP contribution in [0.4, 0.5) is 0 Å². The highest BCUT2D eigenvalue weighted by Crippen LogP contribution is 2.32. The number of rotatable bonds is 3. The molecule has 0 spiro atoms. The summed E-state index contributed by atoms with van der Waals surface area (Å²) in [6.45, 7) is 0.940. The fourth-order valence-electron chi connectivity index (χ4n) is 1.46. The number of hydrogen-bond donors (Lipinski definition) is 0. The van der Waals surface area contributed by atoms with Gasteiger partial charge in [0.25, 0.3) is 0 Å². The molecule has 4 nitrogen and oxygen atoms in total. The molecule has 0 saturated carbocycles. The first kappa shape index (κ1) is 9.92. The summed E-state index contributed by atoms with van der Waals surface area (Å²) in [7, 11) is -3.46. The monoisotopic (exact) mass is 223 g/mol. The number of fused-ring (bicyclic) bond motifs is 1. The lowest BCUT2D eigenvalue weighted by molar-refractivity contribution is 0.311. The molecule has 0 bridgehead atoms. The van der Waals surface area contributed by atoms with Crippen molar-refractivity contribution >= 4 is 22.4 Å². The zero-order valence-electron chi connectivity index (χ0n) is 7.64. The van der Waals surface area contributed by atoms with Crippen LogP contribution in [0.2, 0.25) is 0 Å². The van der Waals surface area contributed by atoms with Crippen LogP contribution in [0.1, 0.15) is 5.56 Å². The maximum atomic E-state index is 11.8. The molecule has 2 rings (SSSR count). The molecular weight excluding hydrogens is 216 g/mol. The Labute approximate surface area is 87.1 Å². The van der Waals surface area contributed by atoms with Gasteiger partial charge in [0, 0.05) is 0 Å². The number of benzene rings is 1. The van der Waals surface area contributed by atoms with Crippen molar-refractivity contribution in [2.24, 2.45) is 0 Å². The molecular formula is C10H7O4S. The first-order chi connectivity index (χ1) is 7.16. The van der Waals surface area contributed by atoms with E-state index in [2.05, 4.69) is 4.74 Å². The van der Waals surface area contributed by atoms with E-state index in [1.165, 1.54) is 18.6 Å². The van der Waals surface area contributed by atoms with Crippen molar-refractivity contribution < 1.29 is 17.9 Å². The van der Waals surface area contributed by atoms with Crippen molar-refractivity contribution in [3.8, 4) is 0 Å². The summed E-state index contributed by atoms with van der Waals surface area (Å²) >= 11 is 0. The quantitative estimate of drug-likeness (QED) is 0.763. The predicted molar refractivity (Wildman–Crippen MR) is 53.3 cm³/mol. The van der Waals surface area contributed by atoms with E-state index in [1.807, 2.05) is 0 Å². The summed E-state index contributed by atoms with van der Waals surface area (Å²) < 4.78 is 28.0. The summed E-state index contributed by atoms with van der Waals surface area (Å²) in [5, 5.41) is 0. The van der Waals surface area contributed by atoms with Gasteiger partial charge in [-0.05, 0) is 17.7 Å². The molecule has 0 aliphatic carbocycles. The molecule has 77 valence electrons. The molecule has 1 heterocycles. The molecule has 0 fully saturated rings. The zero-order chi connectivity index (χ0) is 10.9. The van der Waals surface area contributed by atoms with Gasteiger partial charge in [-0.25, -0.2) is 13.2 Å². The molecule has 1 aromatic carbocycles. The van der Waals surface area contributed by atoms with E-state index in [1.54, 1.807) is 18.2 Å². The van der Waals surface area contributed by atoms with E-state index in [9.17, 15) is 13.2 Å². The van der Waals surface area contributed by atoms with E-state index >= 15 is 0 Å². The van der Waals surface area contributed by atoms with Gasteiger partial charge in [-0.3, -0.25) is 0 Å². The normalized spacial score (nSPS) is 16.7. The molecule has 0 unspecified atom stereocenters. The largest absolute Gasteiger partial charge is 0.452 e. The van der Waals surface area contributed by atoms with Gasteiger partial charge in [-0.15, -0.1) is 0 Å². The average Bonchev–Trinajstić information content (AvgIpc) is 2.48. The topological polar surface area (TPSA) is 60.4 Å². The second-order valence-electron chi connectivity index (χ2n) is 3.02. The third kappa shape index (κ3) is 1.55. The molecule has 0 saturated heterocycles. The third-order valence-corrected chi connectivity index (χ3v) is 4.02. The van der Waals surface area contributed by atoms with Gasteiger partial charge in [0.05, 0.1) is 9.80 Å². The highest BCUT2D eigenvalue weighted by atomic mass is 32.2. The first-order valence-electron chi connectivity index (χ1n) is 4.20. The van der Waals surface area contributed by atoms with Gasteiger partial charge in [-0.2, -0.15) is 0 Å². The SMILES string of the molecule is O=[C]OCC1=Cc2ccccc2S1(=O)=O. The first-order valence-corrected chi connectivity index (χ1v) is 5.68. The summed E-state index contributed by atoms with van der Waals surface area (Å²) in [6, 6.07) is 6.63. The van der Waals surface area contributed by atoms with Gasteiger partial charge in [-0.1, -0.05) is 18.2 Å². The highest BCUT2D eigenvalue weighted by molar-refractivity contribution is 7.95. The lowest BCUT2D eigenvalue weighted by Gasteiger charge is -2.00. The lowest BCUT2D eigenvalue weighted by Crippen LogP contribution is -2.06. The lowest BCUT2D eigenvalue weighted by atomic mass is 10.2. The van der Waals surface area contributed by atoms with Gasteiger partial charge in [0.1, 0.15) is 6.61 Å². The van der Waals surface area contributed by atoms with E-state index in [-0.39, 0.29) is 16.4 Å². The number of carbonyl (C=O) groups excluding carboxylic acids is 1. The van der Waals surface area contributed by atoms with Crippen LogP contribution in [-0.2, 0) is 19.4 Å². The smallest absolute Gasteiger partial charge is 0.417 e. The van der Waals surface area contributed by atoms with Crippen molar-refractivity contribution in [2.45, 2.75) is 4.90 Å². The molecule has 1 radical (unpaired) electrons. The fraction of sp³-hybridized carbons (Fsp3) is 0.100. The van der Waals surface area contributed by atoms with Crippen LogP contribution in [0.3, 0.4) is 0 Å². The van der Waals surface area contributed by atoms with Crippen molar-refractivity contribution in [1.82, 2.24) is 0 Å². The fourth-order valence-corrected chi connectivity index (χ4v) is 2.93.